The van der Waals surface area contributed by atoms with Crippen molar-refractivity contribution in [2.24, 2.45) is 16.3 Å². The van der Waals surface area contributed by atoms with Crippen LogP contribution in [0, 0.1) is 11.3 Å². The van der Waals surface area contributed by atoms with Crippen LogP contribution in [0.25, 0.3) is 0 Å². The van der Waals surface area contributed by atoms with Gasteiger partial charge in [0.05, 0.1) is 5.84 Å². The van der Waals surface area contributed by atoms with Gasteiger partial charge in [0.15, 0.2) is 0 Å². The van der Waals surface area contributed by atoms with Gasteiger partial charge < -0.3 is 4.90 Å². The molecule has 0 bridgehead atoms. The largest absolute Gasteiger partial charge is 0.357 e. The molecule has 0 N–H and O–H groups in total. The van der Waals surface area contributed by atoms with Crippen LogP contribution in [0.5, 0.6) is 0 Å². The van der Waals surface area contributed by atoms with Gasteiger partial charge in [-0.1, -0.05) is 20.8 Å². The minimum absolute atomic E-state index is 0.416. The first-order valence-electron chi connectivity index (χ1n) is 5.63. The van der Waals surface area contributed by atoms with Crippen molar-refractivity contribution in [3.63, 3.8) is 0 Å². The van der Waals surface area contributed by atoms with Crippen molar-refractivity contribution in [2.45, 2.75) is 47.1 Å². The molecule has 0 spiro atoms. The fraction of sp³-hybridized carbons (Fsp3) is 0.917. The maximum Gasteiger partial charge on any atom is 0.0994 e. The van der Waals surface area contributed by atoms with E-state index in [2.05, 4.69) is 44.5 Å². The zero-order chi connectivity index (χ0) is 10.9. The Kier molecular flexibility index (Phi) is 3.23. The molecule has 82 valence electrons. The minimum Gasteiger partial charge on any atom is -0.357 e. The third-order valence-electron chi connectivity index (χ3n) is 3.70. The van der Waals surface area contributed by atoms with Crippen LogP contribution in [-0.4, -0.2) is 30.4 Å². The van der Waals surface area contributed by atoms with Crippen LogP contribution >= 0.6 is 0 Å². The number of nitrogens with zero attached hydrogens (tertiary/aromatic N) is 2. The van der Waals surface area contributed by atoms with Crippen LogP contribution in [0.3, 0.4) is 0 Å². The average molecular weight is 196 g/mol. The summed E-state index contributed by atoms with van der Waals surface area (Å²) in [4.78, 5) is 6.86. The van der Waals surface area contributed by atoms with Crippen LogP contribution < -0.4 is 0 Å². The average Bonchev–Trinajstić information content (AvgIpc) is 2.44. The first kappa shape index (κ1) is 11.5. The maximum absolute atomic E-state index is 4.41. The van der Waals surface area contributed by atoms with Gasteiger partial charge in [-0.2, -0.15) is 0 Å². The minimum atomic E-state index is 0.416. The molecule has 14 heavy (non-hydrogen) atoms. The summed E-state index contributed by atoms with van der Waals surface area (Å²) < 4.78 is 0. The Morgan fingerprint density at radius 1 is 1.29 bits per heavy atom. The van der Waals surface area contributed by atoms with Crippen molar-refractivity contribution < 1.29 is 0 Å². The van der Waals surface area contributed by atoms with E-state index in [4.69, 9.17) is 0 Å². The molecular formula is C12H24N2. The lowest BCUT2D eigenvalue weighted by Crippen LogP contribution is -2.34. The Morgan fingerprint density at radius 2 is 1.86 bits per heavy atom. The van der Waals surface area contributed by atoms with Gasteiger partial charge in [-0.25, -0.2) is 0 Å². The fourth-order valence-electron chi connectivity index (χ4n) is 2.07. The summed E-state index contributed by atoms with van der Waals surface area (Å²) in [5.41, 5.74) is 0.416. The van der Waals surface area contributed by atoms with E-state index in [1.54, 1.807) is 0 Å². The second-order valence-corrected chi connectivity index (χ2v) is 5.35. The SMILES string of the molecule is CN=C1CC(C)(C(C)C)CN1C(C)C. The second kappa shape index (κ2) is 3.92. The Morgan fingerprint density at radius 3 is 2.14 bits per heavy atom. The third kappa shape index (κ3) is 1.94. The molecule has 0 saturated carbocycles. The summed E-state index contributed by atoms with van der Waals surface area (Å²) in [6, 6.07) is 0.578. The highest BCUT2D eigenvalue weighted by molar-refractivity contribution is 5.85. The first-order valence-corrected chi connectivity index (χ1v) is 5.63. The van der Waals surface area contributed by atoms with Gasteiger partial charge in [-0.15, -0.1) is 0 Å². The van der Waals surface area contributed by atoms with Crippen LogP contribution in [0.2, 0.25) is 0 Å². The van der Waals surface area contributed by atoms with E-state index in [-0.39, 0.29) is 0 Å². The molecule has 1 aliphatic heterocycles. The standard InChI is InChI=1S/C12H24N2/c1-9(2)12(5)7-11(13-6)14(8-12)10(3)4/h9-10H,7-8H2,1-6H3. The molecular weight excluding hydrogens is 172 g/mol. The molecule has 0 amide bonds. The van der Waals surface area contributed by atoms with E-state index in [0.717, 1.165) is 18.9 Å². The molecule has 0 aliphatic carbocycles. The molecule has 1 rings (SSSR count). The van der Waals surface area contributed by atoms with Crippen LogP contribution in [0.4, 0.5) is 0 Å². The van der Waals surface area contributed by atoms with Crippen molar-refractivity contribution in [1.82, 2.24) is 4.90 Å². The van der Waals surface area contributed by atoms with Gasteiger partial charge >= 0.3 is 0 Å². The van der Waals surface area contributed by atoms with E-state index < -0.39 is 0 Å². The molecule has 1 saturated heterocycles. The Labute approximate surface area is 88.4 Å². The zero-order valence-corrected chi connectivity index (χ0v) is 10.5. The normalized spacial score (nSPS) is 31.1. The van der Waals surface area contributed by atoms with Gasteiger partial charge in [0, 0.05) is 26.1 Å². The zero-order valence-electron chi connectivity index (χ0n) is 10.5. The van der Waals surface area contributed by atoms with E-state index in [0.29, 0.717) is 11.5 Å². The number of rotatable bonds is 2. The predicted octanol–water partition coefficient (Wildman–Crippen LogP) is 2.79. The highest BCUT2D eigenvalue weighted by Crippen LogP contribution is 2.39. The summed E-state index contributed by atoms with van der Waals surface area (Å²) in [5.74, 6) is 2.01. The number of hydrogen-bond donors (Lipinski definition) is 0. The molecule has 0 radical (unpaired) electrons. The molecule has 0 aromatic rings. The van der Waals surface area contributed by atoms with Crippen molar-refractivity contribution >= 4 is 5.84 Å². The summed E-state index contributed by atoms with van der Waals surface area (Å²) in [7, 11) is 1.91. The van der Waals surface area contributed by atoms with Gasteiger partial charge in [0.2, 0.25) is 0 Å². The number of hydrogen-bond acceptors (Lipinski definition) is 1. The van der Waals surface area contributed by atoms with Crippen LogP contribution in [-0.2, 0) is 0 Å². The molecule has 1 heterocycles. The lowest BCUT2D eigenvalue weighted by atomic mass is 9.78. The topological polar surface area (TPSA) is 15.6 Å². The summed E-state index contributed by atoms with van der Waals surface area (Å²) in [6.07, 6.45) is 1.14. The molecule has 1 atom stereocenters. The second-order valence-electron chi connectivity index (χ2n) is 5.35. The van der Waals surface area contributed by atoms with Crippen LogP contribution in [0.1, 0.15) is 41.0 Å². The van der Waals surface area contributed by atoms with Crippen molar-refractivity contribution in [2.75, 3.05) is 13.6 Å². The smallest absolute Gasteiger partial charge is 0.0994 e. The Hall–Kier alpha value is -0.530. The highest BCUT2D eigenvalue weighted by atomic mass is 15.2. The molecule has 2 nitrogen and oxygen atoms in total. The first-order chi connectivity index (χ1) is 6.40. The molecule has 1 aliphatic rings. The number of likely N-dealkylation sites (tertiary alicyclic amines) is 1. The van der Waals surface area contributed by atoms with E-state index in [1.807, 2.05) is 7.05 Å². The molecule has 0 aromatic heterocycles. The lowest BCUT2D eigenvalue weighted by Gasteiger charge is -2.30. The molecule has 2 heteroatoms. The summed E-state index contributed by atoms with van der Waals surface area (Å²) in [6.45, 7) is 12.7. The van der Waals surface area contributed by atoms with Crippen molar-refractivity contribution in [1.29, 1.82) is 0 Å². The lowest BCUT2D eigenvalue weighted by molar-refractivity contribution is 0.198. The quantitative estimate of drug-likeness (QED) is 0.663. The molecule has 1 unspecified atom stereocenters. The third-order valence-corrected chi connectivity index (χ3v) is 3.70. The Bertz CT molecular complexity index is 230. The van der Waals surface area contributed by atoms with E-state index >= 15 is 0 Å². The van der Waals surface area contributed by atoms with Gasteiger partial charge in [0.25, 0.3) is 0 Å². The summed E-state index contributed by atoms with van der Waals surface area (Å²) >= 11 is 0. The van der Waals surface area contributed by atoms with Crippen molar-refractivity contribution in [3.05, 3.63) is 0 Å². The van der Waals surface area contributed by atoms with Gasteiger partial charge in [-0.3, -0.25) is 4.99 Å². The molecule has 1 fully saturated rings. The Balaban J connectivity index is 2.85. The monoisotopic (exact) mass is 196 g/mol. The number of amidine groups is 1. The van der Waals surface area contributed by atoms with Gasteiger partial charge in [-0.05, 0) is 25.2 Å². The van der Waals surface area contributed by atoms with E-state index in [9.17, 15) is 0 Å². The summed E-state index contributed by atoms with van der Waals surface area (Å²) in [5, 5.41) is 0. The van der Waals surface area contributed by atoms with Gasteiger partial charge in [0.1, 0.15) is 0 Å². The van der Waals surface area contributed by atoms with Crippen LogP contribution in [0.15, 0.2) is 4.99 Å². The number of aliphatic imine (C=N–C) groups is 1. The highest BCUT2D eigenvalue weighted by Gasteiger charge is 2.40. The van der Waals surface area contributed by atoms with Crippen molar-refractivity contribution in [3.8, 4) is 0 Å². The molecule has 0 aromatic carbocycles. The maximum atomic E-state index is 4.41. The fourth-order valence-corrected chi connectivity index (χ4v) is 2.07. The van der Waals surface area contributed by atoms with E-state index in [1.165, 1.54) is 5.84 Å². The predicted molar refractivity (Wildman–Crippen MR) is 62.8 cm³/mol.